The number of benzene rings is 3. The first kappa shape index (κ1) is 28.5. The van der Waals surface area contributed by atoms with E-state index in [2.05, 4.69) is 17.1 Å². The van der Waals surface area contributed by atoms with E-state index in [-0.39, 0.29) is 4.90 Å². The van der Waals surface area contributed by atoms with Crippen LogP contribution >= 0.6 is 0 Å². The van der Waals surface area contributed by atoms with E-state index in [0.717, 1.165) is 21.0 Å². The summed E-state index contributed by atoms with van der Waals surface area (Å²) in [6, 6.07) is 17.3. The monoisotopic (exact) mass is 535 g/mol. The van der Waals surface area contributed by atoms with E-state index in [9.17, 15) is 13.2 Å². The first-order valence-electron chi connectivity index (χ1n) is 12.1. The number of sulfonamides is 1. The van der Waals surface area contributed by atoms with Gasteiger partial charge in [-0.3, -0.25) is 9.10 Å². The average molecular weight is 536 g/mol. The van der Waals surface area contributed by atoms with Crippen LogP contribution in [0.25, 0.3) is 0 Å². The molecule has 0 saturated heterocycles. The van der Waals surface area contributed by atoms with Gasteiger partial charge in [-0.15, -0.1) is 0 Å². The lowest BCUT2D eigenvalue weighted by atomic mass is 10.1. The molecule has 3 aromatic carbocycles. The highest BCUT2D eigenvalue weighted by molar-refractivity contribution is 7.92. The number of aryl methyl sites for hydroxylation is 3. The molecule has 1 N–H and O–H groups in total. The molecule has 0 atom stereocenters. The summed E-state index contributed by atoms with van der Waals surface area (Å²) in [4.78, 5) is 13.0. The number of amides is 1. The highest BCUT2D eigenvalue weighted by atomic mass is 32.2. The average Bonchev–Trinajstić information content (AvgIpc) is 2.89. The van der Waals surface area contributed by atoms with Gasteiger partial charge in [-0.25, -0.2) is 13.8 Å². The lowest BCUT2D eigenvalue weighted by Gasteiger charge is -2.25. The predicted molar refractivity (Wildman–Crippen MR) is 151 cm³/mol. The number of carbonyl (C=O) groups is 1. The van der Waals surface area contributed by atoms with Crippen LogP contribution in [-0.4, -0.2) is 40.3 Å². The number of hydrazone groups is 1. The highest BCUT2D eigenvalue weighted by Crippen LogP contribution is 2.29. The van der Waals surface area contributed by atoms with Gasteiger partial charge in [0, 0.05) is 0 Å². The van der Waals surface area contributed by atoms with E-state index in [0.29, 0.717) is 36.0 Å². The van der Waals surface area contributed by atoms with Crippen LogP contribution in [0, 0.1) is 20.8 Å². The van der Waals surface area contributed by atoms with Crippen molar-refractivity contribution in [3.63, 3.8) is 0 Å². The summed E-state index contributed by atoms with van der Waals surface area (Å²) < 4.78 is 39.6. The lowest BCUT2D eigenvalue weighted by Crippen LogP contribution is -2.40. The maximum absolute atomic E-state index is 13.6. The number of ether oxygens (including phenoxy) is 2. The topological polar surface area (TPSA) is 97.3 Å². The van der Waals surface area contributed by atoms with E-state index in [1.54, 1.807) is 49.4 Å². The molecule has 0 aliphatic heterocycles. The molecule has 0 aliphatic rings. The molecule has 1 amide bonds. The molecule has 0 aromatic heterocycles. The summed E-state index contributed by atoms with van der Waals surface area (Å²) >= 11 is 0. The van der Waals surface area contributed by atoms with Crippen molar-refractivity contribution in [3.8, 4) is 11.5 Å². The quantitative estimate of drug-likeness (QED) is 0.202. The van der Waals surface area contributed by atoms with Crippen molar-refractivity contribution in [2.75, 3.05) is 24.1 Å². The van der Waals surface area contributed by atoms with Crippen LogP contribution < -0.4 is 19.2 Å². The third-order valence-corrected chi connectivity index (χ3v) is 7.33. The molecule has 200 valence electrons. The molecule has 8 nitrogen and oxygen atoms in total. The normalized spacial score (nSPS) is 11.3. The third kappa shape index (κ3) is 7.23. The fourth-order valence-electron chi connectivity index (χ4n) is 3.61. The van der Waals surface area contributed by atoms with Crippen LogP contribution in [0.2, 0.25) is 0 Å². The Hall–Kier alpha value is -4.11. The van der Waals surface area contributed by atoms with Gasteiger partial charge in [0.2, 0.25) is 0 Å². The van der Waals surface area contributed by atoms with Crippen molar-refractivity contribution >= 4 is 27.8 Å². The van der Waals surface area contributed by atoms with Gasteiger partial charge in [0.25, 0.3) is 15.9 Å². The second-order valence-corrected chi connectivity index (χ2v) is 10.5. The molecular weight excluding hydrogens is 502 g/mol. The minimum atomic E-state index is -4.02. The third-order valence-electron chi connectivity index (χ3n) is 5.56. The minimum absolute atomic E-state index is 0.0996. The maximum atomic E-state index is 13.6. The molecule has 3 aromatic rings. The van der Waals surface area contributed by atoms with Gasteiger partial charge in [-0.1, -0.05) is 42.5 Å². The zero-order chi connectivity index (χ0) is 27.7. The number of carbonyl (C=O) groups excluding carboxylic acids is 1. The van der Waals surface area contributed by atoms with E-state index in [4.69, 9.17) is 9.47 Å². The maximum Gasteiger partial charge on any atom is 0.264 e. The minimum Gasteiger partial charge on any atom is -0.490 e. The van der Waals surface area contributed by atoms with Gasteiger partial charge in [0.1, 0.15) is 13.2 Å². The highest BCUT2D eigenvalue weighted by Gasteiger charge is 2.28. The summed E-state index contributed by atoms with van der Waals surface area (Å²) in [6.07, 6.45) is 3.09. The predicted octanol–water partition coefficient (Wildman–Crippen LogP) is 4.92. The van der Waals surface area contributed by atoms with Crippen LogP contribution in [0.15, 0.2) is 83.3 Å². The number of hydrogen-bond donors (Lipinski definition) is 1. The van der Waals surface area contributed by atoms with Crippen molar-refractivity contribution in [1.82, 2.24) is 5.43 Å². The Morgan fingerprint density at radius 1 is 0.974 bits per heavy atom. The Bertz CT molecular complexity index is 1420. The van der Waals surface area contributed by atoms with E-state index >= 15 is 0 Å². The van der Waals surface area contributed by atoms with Gasteiger partial charge in [0.15, 0.2) is 11.5 Å². The standard InChI is InChI=1S/C29H33N3O5S/c1-6-16-37-27-15-12-24(18-28(27)36-7-2)19-30-31-29(33)20-32(26-17-22(4)8-11-23(26)5)38(34,35)25-13-9-21(3)10-14-25/h6,8-15,17-19H,1,7,16,20H2,2-5H3,(H,31,33)/b30-19+. The Balaban J connectivity index is 1.83. The molecule has 0 aliphatic carbocycles. The van der Waals surface area contributed by atoms with Crippen LogP contribution in [-0.2, 0) is 14.8 Å². The molecule has 38 heavy (non-hydrogen) atoms. The molecule has 3 rings (SSSR count). The van der Waals surface area contributed by atoms with Crippen LogP contribution in [0.4, 0.5) is 5.69 Å². The van der Waals surface area contributed by atoms with Crippen LogP contribution in [0.1, 0.15) is 29.2 Å². The summed E-state index contributed by atoms with van der Waals surface area (Å²) in [5.41, 5.74) is 6.07. The van der Waals surface area contributed by atoms with Gasteiger partial charge in [-0.05, 0) is 80.8 Å². The largest absolute Gasteiger partial charge is 0.490 e. The number of nitrogens with one attached hydrogen (secondary N) is 1. The molecule has 0 spiro atoms. The molecule has 9 heteroatoms. The number of hydrogen-bond acceptors (Lipinski definition) is 6. The van der Waals surface area contributed by atoms with Crippen molar-refractivity contribution < 1.29 is 22.7 Å². The molecule has 0 heterocycles. The number of rotatable bonds is 12. The second kappa shape index (κ2) is 12.9. The summed E-state index contributed by atoms with van der Waals surface area (Å²) in [5.74, 6) is 0.516. The Kier molecular flexibility index (Phi) is 9.67. The van der Waals surface area contributed by atoms with E-state index in [1.165, 1.54) is 18.3 Å². The van der Waals surface area contributed by atoms with Gasteiger partial charge in [-0.2, -0.15) is 5.10 Å². The van der Waals surface area contributed by atoms with E-state index < -0.39 is 22.5 Å². The Morgan fingerprint density at radius 2 is 1.68 bits per heavy atom. The first-order valence-corrected chi connectivity index (χ1v) is 13.6. The molecule has 0 unspecified atom stereocenters. The molecule has 0 saturated carbocycles. The summed E-state index contributed by atoms with van der Waals surface area (Å²) in [6.45, 7) is 11.4. The van der Waals surface area contributed by atoms with Crippen molar-refractivity contribution in [1.29, 1.82) is 0 Å². The Labute approximate surface area is 224 Å². The van der Waals surface area contributed by atoms with Crippen molar-refractivity contribution in [2.45, 2.75) is 32.6 Å². The molecule has 0 radical (unpaired) electrons. The summed E-state index contributed by atoms with van der Waals surface area (Å²) in [7, 11) is -4.02. The first-order chi connectivity index (χ1) is 18.1. The lowest BCUT2D eigenvalue weighted by molar-refractivity contribution is -0.119. The van der Waals surface area contributed by atoms with E-state index in [1.807, 2.05) is 32.9 Å². The van der Waals surface area contributed by atoms with Gasteiger partial charge < -0.3 is 9.47 Å². The molecule has 0 fully saturated rings. The smallest absolute Gasteiger partial charge is 0.264 e. The summed E-state index contributed by atoms with van der Waals surface area (Å²) in [5, 5.41) is 4.03. The van der Waals surface area contributed by atoms with Gasteiger partial charge >= 0.3 is 0 Å². The SMILES string of the molecule is C=CCOc1ccc(/C=N/NC(=O)CN(c2cc(C)ccc2C)S(=O)(=O)c2ccc(C)cc2)cc1OCC. The molecule has 0 bridgehead atoms. The number of nitrogens with zero attached hydrogens (tertiary/aromatic N) is 2. The molecular formula is C29H33N3O5S. The Morgan fingerprint density at radius 3 is 2.37 bits per heavy atom. The zero-order valence-corrected chi connectivity index (χ0v) is 22.9. The zero-order valence-electron chi connectivity index (χ0n) is 22.1. The fraction of sp³-hybridized carbons (Fsp3) is 0.241. The fourth-order valence-corrected chi connectivity index (χ4v) is 5.09. The van der Waals surface area contributed by atoms with Crippen molar-refractivity contribution in [2.24, 2.45) is 5.10 Å². The van der Waals surface area contributed by atoms with Gasteiger partial charge in [0.05, 0.1) is 23.4 Å². The van der Waals surface area contributed by atoms with Crippen molar-refractivity contribution in [3.05, 3.63) is 95.6 Å². The number of anilines is 1. The van der Waals surface area contributed by atoms with Crippen LogP contribution in [0.5, 0.6) is 11.5 Å². The second-order valence-electron chi connectivity index (χ2n) is 8.65. The van der Waals surface area contributed by atoms with Crippen LogP contribution in [0.3, 0.4) is 0 Å².